The maximum Gasteiger partial charge on any atom is 0.257 e. The molecule has 0 fully saturated rings. The van der Waals surface area contributed by atoms with Gasteiger partial charge in [-0.15, -0.1) is 0 Å². The molecular weight excluding hydrogens is 302 g/mol. The van der Waals surface area contributed by atoms with Crippen LogP contribution in [0.3, 0.4) is 0 Å². The van der Waals surface area contributed by atoms with Crippen LogP contribution < -0.4 is 10.1 Å². The van der Waals surface area contributed by atoms with Crippen molar-refractivity contribution in [1.29, 1.82) is 0 Å². The Morgan fingerprint density at radius 1 is 1.08 bits per heavy atom. The molecule has 0 aliphatic rings. The standard InChI is InChI=1S/C20H21NO3/c1-14-7-8-17(11-15(14)2)23-13-20(22)21-10-9-18-12-16-5-3-4-6-19(16)24-18/h3-8,11-12H,9-10,13H2,1-2H3,(H,21,22). The Bertz CT molecular complexity index is 818. The normalized spacial score (nSPS) is 10.8. The maximum atomic E-state index is 11.9. The summed E-state index contributed by atoms with van der Waals surface area (Å²) in [7, 11) is 0. The molecule has 4 heteroatoms. The first kappa shape index (κ1) is 16.1. The minimum atomic E-state index is -0.135. The van der Waals surface area contributed by atoms with Crippen molar-refractivity contribution in [1.82, 2.24) is 5.32 Å². The van der Waals surface area contributed by atoms with Crippen LogP contribution in [0.25, 0.3) is 11.0 Å². The van der Waals surface area contributed by atoms with Crippen LogP contribution >= 0.6 is 0 Å². The first-order valence-corrected chi connectivity index (χ1v) is 8.06. The van der Waals surface area contributed by atoms with Gasteiger partial charge in [-0.05, 0) is 49.2 Å². The zero-order valence-electron chi connectivity index (χ0n) is 14.0. The Hall–Kier alpha value is -2.75. The van der Waals surface area contributed by atoms with Gasteiger partial charge in [0, 0.05) is 18.4 Å². The monoisotopic (exact) mass is 323 g/mol. The van der Waals surface area contributed by atoms with E-state index in [4.69, 9.17) is 9.15 Å². The average Bonchev–Trinajstić information content (AvgIpc) is 2.98. The molecule has 0 aliphatic carbocycles. The van der Waals surface area contributed by atoms with E-state index in [1.807, 2.05) is 62.4 Å². The zero-order chi connectivity index (χ0) is 16.9. The molecule has 0 aliphatic heterocycles. The average molecular weight is 323 g/mol. The molecule has 2 aromatic carbocycles. The van der Waals surface area contributed by atoms with Crippen LogP contribution in [0.15, 0.2) is 52.9 Å². The van der Waals surface area contributed by atoms with Crippen molar-refractivity contribution in [2.45, 2.75) is 20.3 Å². The molecule has 0 atom stereocenters. The molecule has 3 rings (SSSR count). The van der Waals surface area contributed by atoms with Gasteiger partial charge in [-0.25, -0.2) is 0 Å². The van der Waals surface area contributed by atoms with E-state index in [1.54, 1.807) is 0 Å². The minimum absolute atomic E-state index is 0.0165. The van der Waals surface area contributed by atoms with Gasteiger partial charge in [0.1, 0.15) is 17.1 Å². The van der Waals surface area contributed by atoms with Gasteiger partial charge in [0.25, 0.3) is 5.91 Å². The summed E-state index contributed by atoms with van der Waals surface area (Å²) in [4.78, 5) is 11.9. The summed E-state index contributed by atoms with van der Waals surface area (Å²) in [5, 5.41) is 3.93. The number of ether oxygens (including phenoxy) is 1. The number of hydrogen-bond donors (Lipinski definition) is 1. The van der Waals surface area contributed by atoms with Gasteiger partial charge < -0.3 is 14.5 Å². The number of rotatable bonds is 6. The topological polar surface area (TPSA) is 51.5 Å². The van der Waals surface area contributed by atoms with Crippen molar-refractivity contribution >= 4 is 16.9 Å². The van der Waals surface area contributed by atoms with Crippen molar-refractivity contribution in [2.75, 3.05) is 13.2 Å². The Morgan fingerprint density at radius 2 is 1.92 bits per heavy atom. The smallest absolute Gasteiger partial charge is 0.257 e. The lowest BCUT2D eigenvalue weighted by molar-refractivity contribution is -0.123. The summed E-state index contributed by atoms with van der Waals surface area (Å²) < 4.78 is 11.2. The largest absolute Gasteiger partial charge is 0.484 e. The van der Waals surface area contributed by atoms with Gasteiger partial charge in [-0.2, -0.15) is 0 Å². The van der Waals surface area contributed by atoms with E-state index in [1.165, 1.54) is 5.56 Å². The van der Waals surface area contributed by atoms with E-state index in [2.05, 4.69) is 5.32 Å². The lowest BCUT2D eigenvalue weighted by atomic mass is 10.1. The summed E-state index contributed by atoms with van der Waals surface area (Å²) in [5.41, 5.74) is 3.23. The molecule has 3 aromatic rings. The second-order valence-electron chi connectivity index (χ2n) is 5.89. The number of fused-ring (bicyclic) bond motifs is 1. The number of para-hydroxylation sites is 1. The third-order valence-corrected chi connectivity index (χ3v) is 4.02. The first-order chi connectivity index (χ1) is 11.6. The summed E-state index contributed by atoms with van der Waals surface area (Å²) >= 11 is 0. The maximum absolute atomic E-state index is 11.9. The minimum Gasteiger partial charge on any atom is -0.484 e. The van der Waals surface area contributed by atoms with E-state index < -0.39 is 0 Å². The van der Waals surface area contributed by atoms with E-state index >= 15 is 0 Å². The number of furan rings is 1. The molecule has 24 heavy (non-hydrogen) atoms. The molecule has 0 saturated carbocycles. The summed E-state index contributed by atoms with van der Waals surface area (Å²) in [6.45, 7) is 4.61. The highest BCUT2D eigenvalue weighted by atomic mass is 16.5. The molecule has 1 N–H and O–H groups in total. The van der Waals surface area contributed by atoms with Crippen LogP contribution in [0.5, 0.6) is 5.75 Å². The van der Waals surface area contributed by atoms with Crippen molar-refractivity contribution < 1.29 is 13.9 Å². The fourth-order valence-electron chi connectivity index (χ4n) is 2.49. The van der Waals surface area contributed by atoms with Gasteiger partial charge in [-0.1, -0.05) is 24.3 Å². The summed E-state index contributed by atoms with van der Waals surface area (Å²) in [6, 6.07) is 15.7. The van der Waals surface area contributed by atoms with E-state index in [0.717, 1.165) is 22.3 Å². The number of carbonyl (C=O) groups is 1. The van der Waals surface area contributed by atoms with Crippen LogP contribution in [0.1, 0.15) is 16.9 Å². The fourth-order valence-corrected chi connectivity index (χ4v) is 2.49. The van der Waals surface area contributed by atoms with Gasteiger partial charge in [0.2, 0.25) is 0 Å². The highest BCUT2D eigenvalue weighted by molar-refractivity contribution is 5.78. The number of hydrogen-bond acceptors (Lipinski definition) is 3. The number of benzene rings is 2. The Balaban J connectivity index is 1.44. The molecule has 0 bridgehead atoms. The second-order valence-corrected chi connectivity index (χ2v) is 5.89. The molecule has 0 unspecified atom stereocenters. The Labute approximate surface area is 141 Å². The Morgan fingerprint density at radius 3 is 2.71 bits per heavy atom. The lowest BCUT2D eigenvalue weighted by Crippen LogP contribution is -2.30. The van der Waals surface area contributed by atoms with Crippen molar-refractivity contribution in [3.05, 3.63) is 65.4 Å². The zero-order valence-corrected chi connectivity index (χ0v) is 14.0. The van der Waals surface area contributed by atoms with Crippen molar-refractivity contribution in [3.63, 3.8) is 0 Å². The predicted molar refractivity (Wildman–Crippen MR) is 94.3 cm³/mol. The highest BCUT2D eigenvalue weighted by Crippen LogP contribution is 2.19. The molecule has 0 saturated heterocycles. The number of aryl methyl sites for hydroxylation is 2. The number of amides is 1. The van der Waals surface area contributed by atoms with E-state index in [0.29, 0.717) is 18.7 Å². The third kappa shape index (κ3) is 3.96. The van der Waals surface area contributed by atoms with Gasteiger partial charge in [0.15, 0.2) is 6.61 Å². The summed E-state index contributed by atoms with van der Waals surface area (Å²) in [5.74, 6) is 1.45. The molecule has 4 nitrogen and oxygen atoms in total. The third-order valence-electron chi connectivity index (χ3n) is 4.02. The van der Waals surface area contributed by atoms with Crippen LogP contribution in [-0.4, -0.2) is 19.1 Å². The van der Waals surface area contributed by atoms with Crippen molar-refractivity contribution in [2.24, 2.45) is 0 Å². The molecular formula is C20H21NO3. The highest BCUT2D eigenvalue weighted by Gasteiger charge is 2.06. The molecule has 124 valence electrons. The first-order valence-electron chi connectivity index (χ1n) is 8.06. The summed E-state index contributed by atoms with van der Waals surface area (Å²) in [6.07, 6.45) is 0.657. The molecule has 0 radical (unpaired) electrons. The SMILES string of the molecule is Cc1ccc(OCC(=O)NCCc2cc3ccccc3o2)cc1C. The molecule has 1 amide bonds. The Kier molecular flexibility index (Phi) is 4.85. The fraction of sp³-hybridized carbons (Fsp3) is 0.250. The molecule has 1 aromatic heterocycles. The second kappa shape index (κ2) is 7.21. The predicted octanol–water partition coefficient (Wildman–Crippen LogP) is 3.79. The van der Waals surface area contributed by atoms with Gasteiger partial charge in [0.05, 0.1) is 0 Å². The van der Waals surface area contributed by atoms with Crippen LogP contribution in [0.4, 0.5) is 0 Å². The molecule has 0 spiro atoms. The van der Waals surface area contributed by atoms with Gasteiger partial charge in [-0.3, -0.25) is 4.79 Å². The van der Waals surface area contributed by atoms with E-state index in [-0.39, 0.29) is 12.5 Å². The van der Waals surface area contributed by atoms with Gasteiger partial charge >= 0.3 is 0 Å². The lowest BCUT2D eigenvalue weighted by Gasteiger charge is -2.08. The van der Waals surface area contributed by atoms with Crippen molar-refractivity contribution in [3.8, 4) is 5.75 Å². The molecule has 1 heterocycles. The van der Waals surface area contributed by atoms with E-state index in [9.17, 15) is 4.79 Å². The number of carbonyl (C=O) groups excluding carboxylic acids is 1. The quantitative estimate of drug-likeness (QED) is 0.751. The van der Waals surface area contributed by atoms with Crippen LogP contribution in [-0.2, 0) is 11.2 Å². The number of nitrogens with one attached hydrogen (secondary N) is 1. The van der Waals surface area contributed by atoms with Crippen LogP contribution in [0.2, 0.25) is 0 Å². The van der Waals surface area contributed by atoms with Crippen LogP contribution in [0, 0.1) is 13.8 Å².